The van der Waals surface area contributed by atoms with E-state index in [0.717, 1.165) is 25.8 Å². The summed E-state index contributed by atoms with van der Waals surface area (Å²) < 4.78 is 6.23. The van der Waals surface area contributed by atoms with E-state index >= 15 is 0 Å². The van der Waals surface area contributed by atoms with Crippen LogP contribution in [0.25, 0.3) is 0 Å². The minimum atomic E-state index is -0.0257. The number of amides is 1. The minimum Gasteiger partial charge on any atom is -0.355 e. The van der Waals surface area contributed by atoms with E-state index in [4.69, 9.17) is 4.74 Å². The van der Waals surface area contributed by atoms with Gasteiger partial charge >= 0.3 is 0 Å². The summed E-state index contributed by atoms with van der Waals surface area (Å²) >= 11 is 0. The molecule has 21 heavy (non-hydrogen) atoms. The van der Waals surface area contributed by atoms with Crippen LogP contribution in [0.3, 0.4) is 0 Å². The van der Waals surface area contributed by atoms with Crippen LogP contribution in [0.4, 0.5) is 0 Å². The Bertz CT molecular complexity index is 304. The molecule has 2 aliphatic rings. The Balaban J connectivity index is 1.80. The summed E-state index contributed by atoms with van der Waals surface area (Å²) in [6, 6.07) is 0. The molecule has 3 heteroatoms. The number of hydrogen-bond acceptors (Lipinski definition) is 2. The minimum absolute atomic E-state index is 0.0257. The van der Waals surface area contributed by atoms with Gasteiger partial charge in [-0.15, -0.1) is 0 Å². The zero-order valence-corrected chi connectivity index (χ0v) is 13.9. The van der Waals surface area contributed by atoms with Crippen LogP contribution in [0.2, 0.25) is 0 Å². The van der Waals surface area contributed by atoms with E-state index in [-0.39, 0.29) is 11.5 Å². The number of rotatable bonds is 3. The summed E-state index contributed by atoms with van der Waals surface area (Å²) in [6.45, 7) is 3.66. The molecule has 1 aliphatic heterocycles. The Morgan fingerprint density at radius 2 is 1.43 bits per heavy atom. The van der Waals surface area contributed by atoms with Crippen molar-refractivity contribution in [2.75, 3.05) is 13.3 Å². The SMILES string of the molecule is CC1(OCN2CCCC2=O)CCCCCCCCCCC1. The number of ether oxygens (including phenoxy) is 1. The van der Waals surface area contributed by atoms with Crippen LogP contribution in [0.15, 0.2) is 0 Å². The summed E-state index contributed by atoms with van der Waals surface area (Å²) in [5.74, 6) is 0.270. The van der Waals surface area contributed by atoms with Crippen molar-refractivity contribution < 1.29 is 9.53 Å². The predicted molar refractivity (Wildman–Crippen MR) is 86.1 cm³/mol. The van der Waals surface area contributed by atoms with E-state index in [9.17, 15) is 4.79 Å². The molecule has 2 fully saturated rings. The number of likely N-dealkylation sites (tertiary alicyclic amines) is 1. The van der Waals surface area contributed by atoms with Crippen molar-refractivity contribution in [3.63, 3.8) is 0 Å². The lowest BCUT2D eigenvalue weighted by molar-refractivity contribution is -0.141. The monoisotopic (exact) mass is 295 g/mol. The molecule has 0 atom stereocenters. The fraction of sp³-hybridized carbons (Fsp3) is 0.944. The van der Waals surface area contributed by atoms with Gasteiger partial charge in [0.15, 0.2) is 0 Å². The summed E-state index contributed by atoms with van der Waals surface area (Å²) in [5.41, 5.74) is -0.0257. The van der Waals surface area contributed by atoms with Gasteiger partial charge < -0.3 is 9.64 Å². The molecule has 0 unspecified atom stereocenters. The van der Waals surface area contributed by atoms with Gasteiger partial charge in [-0.25, -0.2) is 0 Å². The molecule has 1 saturated heterocycles. The van der Waals surface area contributed by atoms with Gasteiger partial charge in [0.25, 0.3) is 0 Å². The Hall–Kier alpha value is -0.570. The van der Waals surface area contributed by atoms with Crippen LogP contribution in [-0.2, 0) is 9.53 Å². The largest absolute Gasteiger partial charge is 0.355 e. The Labute approximate surface area is 130 Å². The first kappa shape index (κ1) is 16.8. The molecule has 1 saturated carbocycles. The third-order valence-electron chi connectivity index (χ3n) is 5.15. The lowest BCUT2D eigenvalue weighted by Gasteiger charge is -2.32. The van der Waals surface area contributed by atoms with Crippen LogP contribution in [0, 0.1) is 0 Å². The molecule has 3 nitrogen and oxygen atoms in total. The topological polar surface area (TPSA) is 29.5 Å². The van der Waals surface area contributed by atoms with Gasteiger partial charge in [-0.2, -0.15) is 0 Å². The highest BCUT2D eigenvalue weighted by Crippen LogP contribution is 2.28. The summed E-state index contributed by atoms with van der Waals surface area (Å²) in [7, 11) is 0. The molecule has 0 aromatic carbocycles. The van der Waals surface area contributed by atoms with Crippen LogP contribution < -0.4 is 0 Å². The summed E-state index contributed by atoms with van der Waals surface area (Å²) in [4.78, 5) is 13.6. The average Bonchev–Trinajstić information content (AvgIpc) is 2.86. The predicted octanol–water partition coefficient (Wildman–Crippen LogP) is 4.65. The van der Waals surface area contributed by atoms with Gasteiger partial charge in [0.1, 0.15) is 6.73 Å². The van der Waals surface area contributed by atoms with Crippen molar-refractivity contribution in [1.82, 2.24) is 4.90 Å². The van der Waals surface area contributed by atoms with E-state index < -0.39 is 0 Å². The molecule has 1 aliphatic carbocycles. The quantitative estimate of drug-likeness (QED) is 0.758. The molecule has 0 aromatic rings. The fourth-order valence-corrected chi connectivity index (χ4v) is 3.58. The lowest BCUT2D eigenvalue weighted by Crippen LogP contribution is -2.36. The molecule has 1 heterocycles. The highest BCUT2D eigenvalue weighted by atomic mass is 16.5. The second-order valence-corrected chi connectivity index (χ2v) is 7.17. The molecular formula is C18H33NO2. The molecule has 0 radical (unpaired) electrons. The highest BCUT2D eigenvalue weighted by Gasteiger charge is 2.27. The maximum atomic E-state index is 11.7. The Kier molecular flexibility index (Phi) is 7.01. The second-order valence-electron chi connectivity index (χ2n) is 7.17. The second kappa shape index (κ2) is 8.77. The first-order valence-corrected chi connectivity index (χ1v) is 9.11. The van der Waals surface area contributed by atoms with E-state index in [0.29, 0.717) is 13.2 Å². The molecule has 1 amide bonds. The Morgan fingerprint density at radius 1 is 0.905 bits per heavy atom. The number of nitrogens with zero attached hydrogens (tertiary/aromatic N) is 1. The standard InChI is InChI=1S/C18H33NO2/c1-18(21-16-19-15-11-12-17(19)20)13-9-7-5-3-2-4-6-8-10-14-18/h2-16H2,1H3. The first-order valence-electron chi connectivity index (χ1n) is 9.11. The van der Waals surface area contributed by atoms with Gasteiger partial charge in [-0.3, -0.25) is 4.79 Å². The normalized spacial score (nSPS) is 25.4. The molecule has 2 rings (SSSR count). The van der Waals surface area contributed by atoms with E-state index in [1.54, 1.807) is 0 Å². The molecular weight excluding hydrogens is 262 g/mol. The number of carbonyl (C=O) groups is 1. The zero-order valence-electron chi connectivity index (χ0n) is 13.9. The highest BCUT2D eigenvalue weighted by molar-refractivity contribution is 5.77. The molecule has 0 N–H and O–H groups in total. The summed E-state index contributed by atoms with van der Waals surface area (Å²) in [6.07, 6.45) is 16.2. The maximum Gasteiger partial charge on any atom is 0.224 e. The number of hydrogen-bond donors (Lipinski definition) is 0. The lowest BCUT2D eigenvalue weighted by atomic mass is 9.90. The van der Waals surface area contributed by atoms with Crippen molar-refractivity contribution in [3.05, 3.63) is 0 Å². The van der Waals surface area contributed by atoms with E-state index in [1.165, 1.54) is 57.8 Å². The van der Waals surface area contributed by atoms with Gasteiger partial charge in [0.05, 0.1) is 5.60 Å². The number of carbonyl (C=O) groups excluding carboxylic acids is 1. The van der Waals surface area contributed by atoms with Crippen LogP contribution in [0.1, 0.15) is 90.4 Å². The smallest absolute Gasteiger partial charge is 0.224 e. The van der Waals surface area contributed by atoms with Crippen LogP contribution in [0.5, 0.6) is 0 Å². The molecule has 0 bridgehead atoms. The van der Waals surface area contributed by atoms with Gasteiger partial charge in [0, 0.05) is 13.0 Å². The van der Waals surface area contributed by atoms with Crippen molar-refractivity contribution >= 4 is 5.91 Å². The first-order chi connectivity index (χ1) is 10.2. The van der Waals surface area contributed by atoms with Crippen molar-refractivity contribution in [3.8, 4) is 0 Å². The fourth-order valence-electron chi connectivity index (χ4n) is 3.58. The third kappa shape index (κ3) is 5.98. The molecule has 0 aromatic heterocycles. The molecule has 0 spiro atoms. The van der Waals surface area contributed by atoms with Gasteiger partial charge in [-0.05, 0) is 26.2 Å². The summed E-state index contributed by atoms with van der Waals surface area (Å²) in [5, 5.41) is 0. The van der Waals surface area contributed by atoms with Gasteiger partial charge in [0.2, 0.25) is 5.91 Å². The van der Waals surface area contributed by atoms with Gasteiger partial charge in [-0.1, -0.05) is 57.8 Å². The van der Waals surface area contributed by atoms with Crippen LogP contribution >= 0.6 is 0 Å². The van der Waals surface area contributed by atoms with E-state index in [2.05, 4.69) is 6.92 Å². The van der Waals surface area contributed by atoms with Crippen LogP contribution in [-0.4, -0.2) is 29.7 Å². The Morgan fingerprint density at radius 3 is 1.90 bits per heavy atom. The third-order valence-corrected chi connectivity index (χ3v) is 5.15. The maximum absolute atomic E-state index is 11.7. The van der Waals surface area contributed by atoms with Crippen molar-refractivity contribution in [2.24, 2.45) is 0 Å². The van der Waals surface area contributed by atoms with E-state index in [1.807, 2.05) is 4.90 Å². The van der Waals surface area contributed by atoms with Crippen molar-refractivity contribution in [1.29, 1.82) is 0 Å². The zero-order chi connectivity index (χ0) is 15.0. The van der Waals surface area contributed by atoms with Crippen molar-refractivity contribution in [2.45, 2.75) is 96.0 Å². The molecule has 122 valence electrons. The average molecular weight is 295 g/mol.